The second-order valence-electron chi connectivity index (χ2n) is 4.75. The molecule has 20 heavy (non-hydrogen) atoms. The summed E-state index contributed by atoms with van der Waals surface area (Å²) in [7, 11) is 0. The molecule has 0 radical (unpaired) electrons. The van der Waals surface area contributed by atoms with Crippen molar-refractivity contribution in [2.75, 3.05) is 0 Å². The monoisotopic (exact) mass is 263 g/mol. The largest absolute Gasteiger partial charge is 0.478 e. The minimum absolute atomic E-state index is 0.341. The zero-order valence-electron chi connectivity index (χ0n) is 11.0. The van der Waals surface area contributed by atoms with E-state index in [-0.39, 0.29) is 0 Å². The maximum Gasteiger partial charge on any atom is 0.335 e. The predicted molar refractivity (Wildman–Crippen MR) is 78.9 cm³/mol. The normalized spacial score (nSPS) is 10.7. The smallest absolute Gasteiger partial charge is 0.335 e. The number of hydrogen-bond acceptors (Lipinski definition) is 2. The predicted octanol–water partition coefficient (Wildman–Crippen LogP) is 3.91. The van der Waals surface area contributed by atoms with E-state index in [0.29, 0.717) is 5.56 Å². The number of aromatic carboxylic acids is 1. The molecule has 0 atom stereocenters. The molecule has 0 aliphatic carbocycles. The zero-order valence-corrected chi connectivity index (χ0v) is 11.0. The molecule has 0 bridgehead atoms. The van der Waals surface area contributed by atoms with Gasteiger partial charge in [-0.3, -0.25) is 4.98 Å². The van der Waals surface area contributed by atoms with E-state index in [1.54, 1.807) is 19.2 Å². The maximum absolute atomic E-state index is 11.2. The summed E-state index contributed by atoms with van der Waals surface area (Å²) in [6.45, 7) is 1.80. The molecule has 2 aromatic carbocycles. The average Bonchev–Trinajstić information content (AvgIpc) is 2.47. The fourth-order valence-corrected chi connectivity index (χ4v) is 2.29. The molecule has 3 aromatic rings. The summed E-state index contributed by atoms with van der Waals surface area (Å²) in [6.07, 6.45) is 1.76. The van der Waals surface area contributed by atoms with E-state index in [0.717, 1.165) is 27.6 Å². The average molecular weight is 263 g/mol. The Bertz CT molecular complexity index is 809. The third-order valence-electron chi connectivity index (χ3n) is 3.40. The van der Waals surface area contributed by atoms with E-state index in [1.165, 1.54) is 0 Å². The quantitative estimate of drug-likeness (QED) is 0.762. The number of benzene rings is 2. The molecule has 0 unspecified atom stereocenters. The summed E-state index contributed by atoms with van der Waals surface area (Å²) in [5.41, 5.74) is 3.94. The highest BCUT2D eigenvalue weighted by molar-refractivity contribution is 5.92. The minimum Gasteiger partial charge on any atom is -0.478 e. The number of carboxylic acids is 1. The van der Waals surface area contributed by atoms with Gasteiger partial charge in [0, 0.05) is 11.6 Å². The lowest BCUT2D eigenvalue weighted by molar-refractivity contribution is 0.0696. The zero-order chi connectivity index (χ0) is 14.1. The molecule has 1 heterocycles. The van der Waals surface area contributed by atoms with Gasteiger partial charge >= 0.3 is 5.97 Å². The van der Waals surface area contributed by atoms with Gasteiger partial charge in [0.15, 0.2) is 0 Å². The number of nitrogens with zero attached hydrogens (tertiary/aromatic N) is 1. The van der Waals surface area contributed by atoms with Crippen molar-refractivity contribution in [2.24, 2.45) is 0 Å². The first-order valence-electron chi connectivity index (χ1n) is 6.34. The van der Waals surface area contributed by atoms with Gasteiger partial charge in [-0.25, -0.2) is 4.79 Å². The molecule has 3 heteroatoms. The molecule has 0 saturated heterocycles. The Morgan fingerprint density at radius 2 is 1.80 bits per heavy atom. The lowest BCUT2D eigenvalue weighted by atomic mass is 9.98. The topological polar surface area (TPSA) is 50.2 Å². The standard InChI is InChI=1S/C17H13NO2/c1-11-4-5-13(10-15(11)17(19)20)12-6-7-16-14(9-12)3-2-8-18-16/h2-10H,1H3,(H,19,20). The molecule has 0 aliphatic rings. The third kappa shape index (κ3) is 2.14. The van der Waals surface area contributed by atoms with Crippen molar-refractivity contribution in [3.63, 3.8) is 0 Å². The molecule has 0 amide bonds. The second kappa shape index (κ2) is 4.78. The number of carbonyl (C=O) groups is 1. The first-order valence-corrected chi connectivity index (χ1v) is 6.34. The van der Waals surface area contributed by atoms with Crippen molar-refractivity contribution >= 4 is 16.9 Å². The SMILES string of the molecule is Cc1ccc(-c2ccc3ncccc3c2)cc1C(=O)O. The number of aryl methyl sites for hydroxylation is 1. The van der Waals surface area contributed by atoms with Crippen LogP contribution in [0.1, 0.15) is 15.9 Å². The van der Waals surface area contributed by atoms with Crippen molar-refractivity contribution in [3.8, 4) is 11.1 Å². The highest BCUT2D eigenvalue weighted by Crippen LogP contribution is 2.25. The highest BCUT2D eigenvalue weighted by Gasteiger charge is 2.09. The van der Waals surface area contributed by atoms with E-state index in [4.69, 9.17) is 0 Å². The van der Waals surface area contributed by atoms with Crippen molar-refractivity contribution in [2.45, 2.75) is 6.92 Å². The Morgan fingerprint density at radius 1 is 1.05 bits per heavy atom. The van der Waals surface area contributed by atoms with Gasteiger partial charge < -0.3 is 5.11 Å². The van der Waals surface area contributed by atoms with Crippen LogP contribution in [-0.4, -0.2) is 16.1 Å². The van der Waals surface area contributed by atoms with E-state index in [1.807, 2.05) is 42.5 Å². The Hall–Kier alpha value is -2.68. The van der Waals surface area contributed by atoms with Crippen molar-refractivity contribution in [1.29, 1.82) is 0 Å². The second-order valence-corrected chi connectivity index (χ2v) is 4.75. The molecule has 0 fully saturated rings. The van der Waals surface area contributed by atoms with Crippen molar-refractivity contribution in [3.05, 3.63) is 65.9 Å². The molecule has 0 aliphatic heterocycles. The number of carboxylic acid groups (broad SMARTS) is 1. The number of hydrogen-bond donors (Lipinski definition) is 1. The molecule has 0 saturated carbocycles. The number of fused-ring (bicyclic) bond motifs is 1. The number of aromatic nitrogens is 1. The van der Waals surface area contributed by atoms with Crippen LogP contribution < -0.4 is 0 Å². The number of pyridine rings is 1. The first kappa shape index (κ1) is 12.4. The summed E-state index contributed by atoms with van der Waals surface area (Å²) in [5.74, 6) is -0.896. The van der Waals surface area contributed by atoms with Crippen molar-refractivity contribution in [1.82, 2.24) is 4.98 Å². The van der Waals surface area contributed by atoms with E-state index >= 15 is 0 Å². The Labute approximate surface area is 116 Å². The fourth-order valence-electron chi connectivity index (χ4n) is 2.29. The summed E-state index contributed by atoms with van der Waals surface area (Å²) >= 11 is 0. The van der Waals surface area contributed by atoms with E-state index < -0.39 is 5.97 Å². The maximum atomic E-state index is 11.2. The van der Waals surface area contributed by atoms with Crippen LogP contribution >= 0.6 is 0 Å². The molecule has 3 rings (SSSR count). The van der Waals surface area contributed by atoms with Crippen LogP contribution in [-0.2, 0) is 0 Å². The third-order valence-corrected chi connectivity index (χ3v) is 3.40. The minimum atomic E-state index is -0.896. The summed E-state index contributed by atoms with van der Waals surface area (Å²) < 4.78 is 0. The van der Waals surface area contributed by atoms with E-state index in [9.17, 15) is 9.90 Å². The van der Waals surface area contributed by atoms with Gasteiger partial charge in [-0.05, 0) is 47.9 Å². The Kier molecular flexibility index (Phi) is 2.95. The first-order chi connectivity index (χ1) is 9.65. The molecule has 3 nitrogen and oxygen atoms in total. The fraction of sp³-hybridized carbons (Fsp3) is 0.0588. The lowest BCUT2D eigenvalue weighted by Gasteiger charge is -2.07. The van der Waals surface area contributed by atoms with E-state index in [2.05, 4.69) is 4.98 Å². The molecule has 98 valence electrons. The van der Waals surface area contributed by atoms with Crippen LogP contribution in [0.2, 0.25) is 0 Å². The van der Waals surface area contributed by atoms with Gasteiger partial charge in [-0.2, -0.15) is 0 Å². The van der Waals surface area contributed by atoms with Crippen LogP contribution in [0, 0.1) is 6.92 Å². The molecule has 1 aromatic heterocycles. The molecular formula is C17H13NO2. The van der Waals surface area contributed by atoms with Crippen LogP contribution in [0.3, 0.4) is 0 Å². The summed E-state index contributed by atoms with van der Waals surface area (Å²) in [4.78, 5) is 15.5. The van der Waals surface area contributed by atoms with Crippen LogP contribution in [0.4, 0.5) is 0 Å². The van der Waals surface area contributed by atoms with Gasteiger partial charge in [-0.1, -0.05) is 24.3 Å². The summed E-state index contributed by atoms with van der Waals surface area (Å²) in [6, 6.07) is 15.3. The van der Waals surface area contributed by atoms with Crippen LogP contribution in [0.5, 0.6) is 0 Å². The van der Waals surface area contributed by atoms with Gasteiger partial charge in [0.05, 0.1) is 11.1 Å². The summed E-state index contributed by atoms with van der Waals surface area (Å²) in [5, 5.41) is 10.2. The van der Waals surface area contributed by atoms with Gasteiger partial charge in [0.1, 0.15) is 0 Å². The van der Waals surface area contributed by atoms with Gasteiger partial charge in [-0.15, -0.1) is 0 Å². The lowest BCUT2D eigenvalue weighted by Crippen LogP contribution is -1.99. The molecular weight excluding hydrogens is 250 g/mol. The Morgan fingerprint density at radius 3 is 2.60 bits per heavy atom. The van der Waals surface area contributed by atoms with Crippen molar-refractivity contribution < 1.29 is 9.90 Å². The highest BCUT2D eigenvalue weighted by atomic mass is 16.4. The molecule has 1 N–H and O–H groups in total. The number of rotatable bonds is 2. The van der Waals surface area contributed by atoms with Gasteiger partial charge in [0.25, 0.3) is 0 Å². The van der Waals surface area contributed by atoms with Gasteiger partial charge in [0.2, 0.25) is 0 Å². The van der Waals surface area contributed by atoms with Crippen LogP contribution in [0.25, 0.3) is 22.0 Å². The van der Waals surface area contributed by atoms with Crippen LogP contribution in [0.15, 0.2) is 54.7 Å². The molecule has 0 spiro atoms. The Balaban J connectivity index is 2.15.